The number of rotatable bonds is 11. The van der Waals surface area contributed by atoms with Gasteiger partial charge in [-0.2, -0.15) is 0 Å². The van der Waals surface area contributed by atoms with Crippen molar-refractivity contribution in [3.05, 3.63) is 76.7 Å². The van der Waals surface area contributed by atoms with Gasteiger partial charge in [-0.25, -0.2) is 9.37 Å². The van der Waals surface area contributed by atoms with E-state index in [2.05, 4.69) is 31.8 Å². The molecule has 39 heavy (non-hydrogen) atoms. The van der Waals surface area contributed by atoms with E-state index in [4.69, 9.17) is 9.47 Å². The van der Waals surface area contributed by atoms with Crippen LogP contribution in [0.15, 0.2) is 48.7 Å². The number of methoxy groups -OCH3 is 1. The zero-order valence-electron chi connectivity index (χ0n) is 24.1. The van der Waals surface area contributed by atoms with E-state index in [0.29, 0.717) is 18.1 Å². The Hall–Kier alpha value is -3.41. The van der Waals surface area contributed by atoms with E-state index in [1.165, 1.54) is 18.9 Å². The van der Waals surface area contributed by atoms with Gasteiger partial charge < -0.3 is 14.6 Å². The van der Waals surface area contributed by atoms with E-state index >= 15 is 0 Å². The van der Waals surface area contributed by atoms with Gasteiger partial charge in [-0.3, -0.25) is 4.79 Å². The summed E-state index contributed by atoms with van der Waals surface area (Å²) in [5, 5.41) is 9.25. The van der Waals surface area contributed by atoms with Gasteiger partial charge in [0.15, 0.2) is 0 Å². The first-order valence-corrected chi connectivity index (χ1v) is 14.0. The van der Waals surface area contributed by atoms with Gasteiger partial charge in [-0.1, -0.05) is 65.3 Å². The minimum Gasteiger partial charge on any atom is -0.489 e. The number of carboxylic acid groups (broad SMARTS) is 1. The third-order valence-electron chi connectivity index (χ3n) is 7.24. The minimum atomic E-state index is -0.772. The molecule has 0 spiro atoms. The molecular weight excluding hydrogens is 493 g/mol. The van der Waals surface area contributed by atoms with Crippen LogP contribution in [0.1, 0.15) is 88.5 Å². The van der Waals surface area contributed by atoms with Crippen LogP contribution in [0.4, 0.5) is 4.39 Å². The lowest BCUT2D eigenvalue weighted by atomic mass is 9.79. The van der Waals surface area contributed by atoms with Crippen molar-refractivity contribution in [2.75, 3.05) is 7.11 Å². The molecule has 6 heteroatoms. The molecule has 1 aromatic heterocycles. The minimum absolute atomic E-state index is 0.0370. The smallest absolute Gasteiger partial charge is 0.303 e. The molecule has 1 atom stereocenters. The maximum absolute atomic E-state index is 14.9. The summed E-state index contributed by atoms with van der Waals surface area (Å²) in [5.41, 5.74) is 5.70. The zero-order chi connectivity index (χ0) is 28.6. The Labute approximate surface area is 232 Å². The van der Waals surface area contributed by atoms with E-state index in [1.807, 2.05) is 44.2 Å². The van der Waals surface area contributed by atoms with Crippen LogP contribution in [0, 0.1) is 11.2 Å². The number of benzene rings is 2. The number of fused-ring (bicyclic) bond motifs is 1. The Morgan fingerprint density at radius 1 is 1.13 bits per heavy atom. The third-order valence-corrected chi connectivity index (χ3v) is 7.24. The normalized spacial score (nSPS) is 14.3. The number of pyridine rings is 1. The molecule has 210 valence electrons. The van der Waals surface area contributed by atoms with Crippen molar-refractivity contribution in [3.63, 3.8) is 0 Å². The maximum atomic E-state index is 14.9. The Bertz CT molecular complexity index is 1270. The highest BCUT2D eigenvalue weighted by molar-refractivity contribution is 5.70. The first kappa shape index (κ1) is 30.1. The van der Waals surface area contributed by atoms with Crippen molar-refractivity contribution in [2.45, 2.75) is 85.7 Å². The highest BCUT2D eigenvalue weighted by Crippen LogP contribution is 2.38. The van der Waals surface area contributed by atoms with Crippen molar-refractivity contribution in [2.24, 2.45) is 5.41 Å². The molecule has 0 aliphatic heterocycles. The number of ether oxygens (including phenoxy) is 2. The van der Waals surface area contributed by atoms with Gasteiger partial charge in [0.1, 0.15) is 18.2 Å². The lowest BCUT2D eigenvalue weighted by Crippen LogP contribution is -2.15. The summed E-state index contributed by atoms with van der Waals surface area (Å²) >= 11 is 0. The van der Waals surface area contributed by atoms with Crippen molar-refractivity contribution in [1.29, 1.82) is 0 Å². The highest BCUT2D eigenvalue weighted by atomic mass is 19.1. The quantitative estimate of drug-likeness (QED) is 0.267. The largest absolute Gasteiger partial charge is 0.489 e. The van der Waals surface area contributed by atoms with Gasteiger partial charge in [-0.15, -0.1) is 0 Å². The number of carbonyl (C=O) groups is 1. The summed E-state index contributed by atoms with van der Waals surface area (Å²) in [6.45, 7) is 11.0. The van der Waals surface area contributed by atoms with Crippen LogP contribution in [0.5, 0.6) is 11.6 Å². The fourth-order valence-corrected chi connectivity index (χ4v) is 5.51. The summed E-state index contributed by atoms with van der Waals surface area (Å²) in [7, 11) is 1.53. The zero-order valence-corrected chi connectivity index (χ0v) is 24.1. The molecule has 1 heterocycles. The molecule has 1 aliphatic carbocycles. The van der Waals surface area contributed by atoms with Crippen LogP contribution in [-0.4, -0.2) is 23.2 Å². The molecule has 5 nitrogen and oxygen atoms in total. The standard InChI is InChI=1S/C31H36FNO4.C2H6/c1-5-12-31(2,3)17-23-13-20(6-11-25(23)27-16-29(36-4)33-18-28(27)32)19-37-24-10-9-21-7-8-22(14-30(34)35)26(21)15-24;1-2/h6,9-11,13,15-16,18,22H,5,7-8,12,14,17,19H2,1-4H3,(H,34,35);1-2H3. The van der Waals surface area contributed by atoms with Crippen LogP contribution >= 0.6 is 0 Å². The fourth-order valence-electron chi connectivity index (χ4n) is 5.51. The summed E-state index contributed by atoms with van der Waals surface area (Å²) in [5.74, 6) is -0.00675. The SMILES string of the molecule is CC.CCCC(C)(C)Cc1cc(COc2ccc3c(c2)C(CC(=O)O)CC3)ccc1-c1cc(OC)ncc1F. The number of carboxylic acids is 1. The van der Waals surface area contributed by atoms with E-state index in [9.17, 15) is 14.3 Å². The number of hydrogen-bond donors (Lipinski definition) is 1. The monoisotopic (exact) mass is 535 g/mol. The number of nitrogens with zero attached hydrogens (tertiary/aromatic N) is 1. The molecule has 0 fully saturated rings. The molecule has 0 bridgehead atoms. The molecule has 0 amide bonds. The number of aromatic nitrogens is 1. The predicted octanol–water partition coefficient (Wildman–Crippen LogP) is 8.37. The Kier molecular flexibility index (Phi) is 10.5. The Morgan fingerprint density at radius 2 is 1.90 bits per heavy atom. The summed E-state index contributed by atoms with van der Waals surface area (Å²) in [6, 6.07) is 13.7. The molecule has 4 rings (SSSR count). The molecule has 1 unspecified atom stereocenters. The van der Waals surface area contributed by atoms with Crippen LogP contribution in [-0.2, 0) is 24.2 Å². The topological polar surface area (TPSA) is 68.7 Å². The number of halogens is 1. The molecule has 2 aromatic carbocycles. The van der Waals surface area contributed by atoms with Gasteiger partial charge in [-0.05, 0) is 77.0 Å². The fraction of sp³-hybridized carbons (Fsp3) is 0.455. The molecule has 3 aromatic rings. The van der Waals surface area contributed by atoms with E-state index in [1.54, 1.807) is 6.07 Å². The second-order valence-electron chi connectivity index (χ2n) is 10.8. The second kappa shape index (κ2) is 13.6. The summed E-state index contributed by atoms with van der Waals surface area (Å²) in [4.78, 5) is 15.2. The molecule has 0 saturated carbocycles. The average molecular weight is 536 g/mol. The number of aryl methyl sites for hydroxylation is 1. The molecule has 1 N–H and O–H groups in total. The van der Waals surface area contributed by atoms with Crippen molar-refractivity contribution in [1.82, 2.24) is 4.98 Å². The number of aliphatic carboxylic acids is 1. The van der Waals surface area contributed by atoms with Gasteiger partial charge in [0.25, 0.3) is 0 Å². The molecule has 0 saturated heterocycles. The van der Waals surface area contributed by atoms with Gasteiger partial charge >= 0.3 is 5.97 Å². The third kappa shape index (κ3) is 7.81. The summed E-state index contributed by atoms with van der Waals surface area (Å²) in [6.07, 6.45) is 6.04. The van der Waals surface area contributed by atoms with Gasteiger partial charge in [0.2, 0.25) is 5.88 Å². The molecule has 1 aliphatic rings. The van der Waals surface area contributed by atoms with Gasteiger partial charge in [0, 0.05) is 11.6 Å². The van der Waals surface area contributed by atoms with Gasteiger partial charge in [0.05, 0.1) is 19.7 Å². The first-order valence-electron chi connectivity index (χ1n) is 14.0. The van der Waals surface area contributed by atoms with Crippen LogP contribution < -0.4 is 9.47 Å². The average Bonchev–Trinajstić information content (AvgIpc) is 3.30. The Morgan fingerprint density at radius 3 is 2.59 bits per heavy atom. The first-order chi connectivity index (χ1) is 18.7. The maximum Gasteiger partial charge on any atom is 0.303 e. The number of hydrogen-bond acceptors (Lipinski definition) is 4. The Balaban J connectivity index is 0.00000205. The molecule has 0 radical (unpaired) electrons. The molecular formula is C33H42FNO4. The second-order valence-corrected chi connectivity index (χ2v) is 10.8. The highest BCUT2D eigenvalue weighted by Gasteiger charge is 2.25. The van der Waals surface area contributed by atoms with E-state index in [0.717, 1.165) is 60.1 Å². The van der Waals surface area contributed by atoms with E-state index < -0.39 is 5.97 Å². The predicted molar refractivity (Wildman–Crippen MR) is 154 cm³/mol. The van der Waals surface area contributed by atoms with E-state index in [-0.39, 0.29) is 23.6 Å². The van der Waals surface area contributed by atoms with Crippen molar-refractivity contribution in [3.8, 4) is 22.8 Å². The lowest BCUT2D eigenvalue weighted by molar-refractivity contribution is -0.137. The lowest BCUT2D eigenvalue weighted by Gasteiger charge is -2.26. The van der Waals surface area contributed by atoms with Crippen molar-refractivity contribution < 1.29 is 23.8 Å². The van der Waals surface area contributed by atoms with Crippen LogP contribution in [0.2, 0.25) is 0 Å². The van der Waals surface area contributed by atoms with Crippen LogP contribution in [0.3, 0.4) is 0 Å². The van der Waals surface area contributed by atoms with Crippen LogP contribution in [0.25, 0.3) is 11.1 Å². The van der Waals surface area contributed by atoms with Crippen molar-refractivity contribution >= 4 is 5.97 Å². The summed E-state index contributed by atoms with van der Waals surface area (Å²) < 4.78 is 26.3.